The standard InChI is InChI=1S/C17H25N3O5.ClH/c1-18-9-14-4-3-7-19(11-14)10-13-5-6-16(15(8-13)20(22)23)25-12-17(21)24-2;/h5-6,8,14,18H,3-4,7,9-12H2,1-2H3;1H. The van der Waals surface area contributed by atoms with Gasteiger partial charge in [-0.2, -0.15) is 0 Å². The number of benzene rings is 1. The molecule has 9 heteroatoms. The minimum atomic E-state index is -0.581. The number of carbonyl (C=O) groups excluding carboxylic acids is 1. The van der Waals surface area contributed by atoms with Crippen LogP contribution in [0.25, 0.3) is 0 Å². The molecule has 1 atom stereocenters. The Morgan fingerprint density at radius 3 is 2.88 bits per heavy atom. The van der Waals surface area contributed by atoms with Crippen LogP contribution >= 0.6 is 12.4 Å². The van der Waals surface area contributed by atoms with Gasteiger partial charge in [-0.25, -0.2) is 4.79 Å². The summed E-state index contributed by atoms with van der Waals surface area (Å²) in [7, 11) is 3.19. The maximum Gasteiger partial charge on any atom is 0.343 e. The number of nitrogens with one attached hydrogen (secondary N) is 1. The molecule has 1 aliphatic heterocycles. The molecule has 0 radical (unpaired) electrons. The van der Waals surface area contributed by atoms with E-state index in [2.05, 4.69) is 15.0 Å². The smallest absolute Gasteiger partial charge is 0.343 e. The first-order valence-electron chi connectivity index (χ1n) is 8.37. The Hall–Kier alpha value is -1.90. The molecule has 1 heterocycles. The van der Waals surface area contributed by atoms with Crippen molar-refractivity contribution in [1.29, 1.82) is 0 Å². The van der Waals surface area contributed by atoms with E-state index >= 15 is 0 Å². The maximum atomic E-state index is 11.3. The molecule has 1 aromatic carbocycles. The number of esters is 1. The van der Waals surface area contributed by atoms with Gasteiger partial charge in [0, 0.05) is 19.2 Å². The van der Waals surface area contributed by atoms with Crippen molar-refractivity contribution < 1.29 is 19.2 Å². The van der Waals surface area contributed by atoms with Crippen molar-refractivity contribution in [3.63, 3.8) is 0 Å². The number of piperidine rings is 1. The summed E-state index contributed by atoms with van der Waals surface area (Å²) in [6.45, 7) is 3.27. The number of nitro benzene ring substituents is 1. The van der Waals surface area contributed by atoms with Gasteiger partial charge in [0.15, 0.2) is 12.4 Å². The van der Waals surface area contributed by atoms with Crippen molar-refractivity contribution in [2.45, 2.75) is 19.4 Å². The Balaban J connectivity index is 0.00000338. The van der Waals surface area contributed by atoms with E-state index in [4.69, 9.17) is 4.74 Å². The molecule has 0 saturated carbocycles. The van der Waals surface area contributed by atoms with Crippen molar-refractivity contribution in [1.82, 2.24) is 10.2 Å². The van der Waals surface area contributed by atoms with Crippen molar-refractivity contribution >= 4 is 24.1 Å². The van der Waals surface area contributed by atoms with Gasteiger partial charge in [-0.15, -0.1) is 12.4 Å². The number of likely N-dealkylation sites (tertiary alicyclic amines) is 1. The van der Waals surface area contributed by atoms with Crippen LogP contribution in [0.3, 0.4) is 0 Å². The first-order valence-corrected chi connectivity index (χ1v) is 8.37. The lowest BCUT2D eigenvalue weighted by Crippen LogP contribution is -2.38. The highest BCUT2D eigenvalue weighted by Crippen LogP contribution is 2.29. The summed E-state index contributed by atoms with van der Waals surface area (Å²) >= 11 is 0. The fourth-order valence-electron chi connectivity index (χ4n) is 3.13. The SMILES string of the molecule is CNCC1CCCN(Cc2ccc(OCC(=O)OC)c([N+](=O)[O-])c2)C1.Cl. The number of rotatable bonds is 8. The van der Waals surface area contributed by atoms with Gasteiger partial charge in [0.1, 0.15) is 0 Å². The Kier molecular flexibility index (Phi) is 9.32. The average Bonchev–Trinajstić information content (AvgIpc) is 2.60. The van der Waals surface area contributed by atoms with E-state index in [9.17, 15) is 14.9 Å². The van der Waals surface area contributed by atoms with Crippen LogP contribution in [0.5, 0.6) is 5.75 Å². The van der Waals surface area contributed by atoms with E-state index in [1.165, 1.54) is 19.6 Å². The fraction of sp³-hybridized carbons (Fsp3) is 0.588. The molecule has 0 spiro atoms. The first kappa shape index (κ1) is 22.1. The van der Waals surface area contributed by atoms with E-state index in [1.807, 2.05) is 7.05 Å². The van der Waals surface area contributed by atoms with Gasteiger partial charge < -0.3 is 14.8 Å². The fourth-order valence-corrected chi connectivity index (χ4v) is 3.13. The summed E-state index contributed by atoms with van der Waals surface area (Å²) in [5.41, 5.74) is 0.729. The molecular weight excluding hydrogens is 362 g/mol. The third-order valence-corrected chi connectivity index (χ3v) is 4.30. The number of halogens is 1. The van der Waals surface area contributed by atoms with Gasteiger partial charge in [0.25, 0.3) is 0 Å². The first-order chi connectivity index (χ1) is 12.0. The van der Waals surface area contributed by atoms with Crippen LogP contribution in [0.2, 0.25) is 0 Å². The van der Waals surface area contributed by atoms with E-state index < -0.39 is 10.9 Å². The molecule has 2 rings (SSSR count). The van der Waals surface area contributed by atoms with E-state index in [0.717, 1.165) is 31.6 Å². The summed E-state index contributed by atoms with van der Waals surface area (Å²) in [4.78, 5) is 24.3. The predicted octanol–water partition coefficient (Wildman–Crippen LogP) is 2.00. The monoisotopic (exact) mass is 387 g/mol. The van der Waals surface area contributed by atoms with Gasteiger partial charge >= 0.3 is 11.7 Å². The summed E-state index contributed by atoms with van der Waals surface area (Å²) in [6, 6.07) is 4.88. The molecule has 0 amide bonds. The molecule has 1 unspecified atom stereocenters. The molecule has 1 fully saturated rings. The van der Waals surface area contributed by atoms with Crippen molar-refractivity contribution in [3.05, 3.63) is 33.9 Å². The normalized spacial score (nSPS) is 17.2. The molecule has 1 aliphatic rings. The Bertz CT molecular complexity index is 612. The molecule has 0 aromatic heterocycles. The summed E-state index contributed by atoms with van der Waals surface area (Å²) in [5, 5.41) is 14.5. The average molecular weight is 388 g/mol. The van der Waals surface area contributed by atoms with E-state index in [1.54, 1.807) is 12.1 Å². The summed E-state index contributed by atoms with van der Waals surface area (Å²) in [5.74, 6) is 0.101. The van der Waals surface area contributed by atoms with Crippen molar-refractivity contribution in [2.75, 3.05) is 40.4 Å². The number of nitro groups is 1. The zero-order valence-corrected chi connectivity index (χ0v) is 15.9. The Morgan fingerprint density at radius 1 is 1.46 bits per heavy atom. The van der Waals surface area contributed by atoms with Gasteiger partial charge in [-0.1, -0.05) is 6.07 Å². The molecule has 1 N–H and O–H groups in total. The highest BCUT2D eigenvalue weighted by Gasteiger charge is 2.22. The lowest BCUT2D eigenvalue weighted by atomic mass is 9.97. The largest absolute Gasteiger partial charge is 0.475 e. The van der Waals surface area contributed by atoms with Gasteiger partial charge in [-0.05, 0) is 50.5 Å². The van der Waals surface area contributed by atoms with E-state index in [0.29, 0.717) is 12.5 Å². The molecule has 0 aliphatic carbocycles. The van der Waals surface area contributed by atoms with Crippen LogP contribution in [0, 0.1) is 16.0 Å². The lowest BCUT2D eigenvalue weighted by Gasteiger charge is -2.32. The second kappa shape index (κ2) is 10.9. The molecule has 146 valence electrons. The van der Waals surface area contributed by atoms with Crippen LogP contribution < -0.4 is 10.1 Å². The minimum absolute atomic E-state index is 0. The molecular formula is C17H26ClN3O5. The number of ether oxygens (including phenoxy) is 2. The Morgan fingerprint density at radius 2 is 2.23 bits per heavy atom. The highest BCUT2D eigenvalue weighted by atomic mass is 35.5. The zero-order valence-electron chi connectivity index (χ0n) is 15.1. The Labute approximate surface area is 159 Å². The number of hydrogen-bond acceptors (Lipinski definition) is 7. The molecule has 1 aromatic rings. The minimum Gasteiger partial charge on any atom is -0.475 e. The summed E-state index contributed by atoms with van der Waals surface area (Å²) < 4.78 is 9.69. The second-order valence-electron chi connectivity index (χ2n) is 6.23. The van der Waals surface area contributed by atoms with Crippen molar-refractivity contribution in [3.8, 4) is 5.75 Å². The second-order valence-corrected chi connectivity index (χ2v) is 6.23. The van der Waals surface area contributed by atoms with Crippen LogP contribution in [0.4, 0.5) is 5.69 Å². The van der Waals surface area contributed by atoms with Gasteiger partial charge in [0.2, 0.25) is 0 Å². The summed E-state index contributed by atoms with van der Waals surface area (Å²) in [6.07, 6.45) is 2.34. The topological polar surface area (TPSA) is 93.9 Å². The predicted molar refractivity (Wildman–Crippen MR) is 99.8 cm³/mol. The number of hydrogen-bond donors (Lipinski definition) is 1. The molecule has 0 bridgehead atoms. The van der Waals surface area contributed by atoms with Crippen LogP contribution in [-0.2, 0) is 16.1 Å². The molecule has 1 saturated heterocycles. The number of nitrogens with zero attached hydrogens (tertiary/aromatic N) is 2. The quantitative estimate of drug-likeness (QED) is 0.414. The van der Waals surface area contributed by atoms with Crippen LogP contribution in [-0.4, -0.2) is 56.2 Å². The van der Waals surface area contributed by atoms with Gasteiger partial charge in [0.05, 0.1) is 12.0 Å². The zero-order chi connectivity index (χ0) is 18.2. The molecule has 8 nitrogen and oxygen atoms in total. The number of methoxy groups -OCH3 is 1. The maximum absolute atomic E-state index is 11.3. The van der Waals surface area contributed by atoms with Crippen molar-refractivity contribution in [2.24, 2.45) is 5.92 Å². The third-order valence-electron chi connectivity index (χ3n) is 4.30. The third kappa shape index (κ3) is 6.44. The van der Waals surface area contributed by atoms with Crippen LogP contribution in [0.1, 0.15) is 18.4 Å². The molecule has 26 heavy (non-hydrogen) atoms. The highest BCUT2D eigenvalue weighted by molar-refractivity contribution is 5.85. The van der Waals surface area contributed by atoms with E-state index in [-0.39, 0.29) is 30.5 Å². The van der Waals surface area contributed by atoms with Gasteiger partial charge in [-0.3, -0.25) is 15.0 Å². The van der Waals surface area contributed by atoms with Crippen LogP contribution in [0.15, 0.2) is 18.2 Å². The number of carbonyl (C=O) groups is 1. The lowest BCUT2D eigenvalue weighted by molar-refractivity contribution is -0.385.